The molecule has 1 saturated heterocycles. The van der Waals surface area contributed by atoms with Gasteiger partial charge in [-0.15, -0.1) is 0 Å². The van der Waals surface area contributed by atoms with Gasteiger partial charge in [0.2, 0.25) is 5.91 Å². The van der Waals surface area contributed by atoms with Crippen molar-refractivity contribution in [2.75, 3.05) is 20.8 Å². The summed E-state index contributed by atoms with van der Waals surface area (Å²) in [7, 11) is 3.28. The zero-order chi connectivity index (χ0) is 21.8. The maximum Gasteiger partial charge on any atom is 0.247 e. The van der Waals surface area contributed by atoms with Gasteiger partial charge in [0.1, 0.15) is 11.5 Å². The Bertz CT molecular complexity index is 921. The Morgan fingerprint density at radius 2 is 1.65 bits per heavy atom. The fourth-order valence-corrected chi connectivity index (χ4v) is 5.12. The van der Waals surface area contributed by atoms with Gasteiger partial charge in [0.05, 0.1) is 25.9 Å². The lowest BCUT2D eigenvalue weighted by atomic mass is 9.66. The number of amides is 1. The summed E-state index contributed by atoms with van der Waals surface area (Å²) < 4.78 is 10.5. The molecule has 2 aromatic rings. The number of hydrogen-bond donors (Lipinski definition) is 1. The largest absolute Gasteiger partial charge is 0.497 e. The summed E-state index contributed by atoms with van der Waals surface area (Å²) in [5.41, 5.74) is 1.30. The number of ether oxygens (including phenoxy) is 2. The van der Waals surface area contributed by atoms with Crippen LogP contribution in [-0.4, -0.2) is 42.3 Å². The van der Waals surface area contributed by atoms with Crippen LogP contribution in [0.5, 0.6) is 11.5 Å². The smallest absolute Gasteiger partial charge is 0.247 e. The molecule has 0 radical (unpaired) electrons. The molecule has 164 valence electrons. The molecule has 0 bridgehead atoms. The predicted molar refractivity (Wildman–Crippen MR) is 121 cm³/mol. The minimum absolute atomic E-state index is 0.0238. The molecule has 0 aromatic heterocycles. The van der Waals surface area contributed by atoms with Crippen LogP contribution in [0.2, 0.25) is 0 Å². The Morgan fingerprint density at radius 1 is 1.00 bits per heavy atom. The Morgan fingerprint density at radius 3 is 2.29 bits per heavy atom. The number of hydrogen-bond acceptors (Lipinski definition) is 4. The second-order valence-electron chi connectivity index (χ2n) is 8.56. The van der Waals surface area contributed by atoms with Gasteiger partial charge >= 0.3 is 0 Å². The highest BCUT2D eigenvalue weighted by atomic mass is 16.5. The molecule has 5 nitrogen and oxygen atoms in total. The summed E-state index contributed by atoms with van der Waals surface area (Å²) >= 11 is 0. The molecule has 2 unspecified atom stereocenters. The van der Waals surface area contributed by atoms with Crippen molar-refractivity contribution in [1.29, 1.82) is 0 Å². The van der Waals surface area contributed by atoms with Gasteiger partial charge in [-0.25, -0.2) is 0 Å². The van der Waals surface area contributed by atoms with Gasteiger partial charge in [-0.1, -0.05) is 37.1 Å². The number of likely N-dealkylation sites (tertiary alicyclic amines) is 1. The predicted octanol–water partition coefficient (Wildman–Crippen LogP) is 4.61. The van der Waals surface area contributed by atoms with E-state index < -0.39 is 5.60 Å². The maximum atomic E-state index is 13.3. The number of nitrogens with zero attached hydrogens (tertiary/aromatic N) is 1. The lowest BCUT2D eigenvalue weighted by Gasteiger charge is -2.52. The second kappa shape index (κ2) is 9.15. The van der Waals surface area contributed by atoms with E-state index in [-0.39, 0.29) is 17.9 Å². The molecule has 1 heterocycles. The van der Waals surface area contributed by atoms with E-state index >= 15 is 0 Å². The zero-order valence-electron chi connectivity index (χ0n) is 18.3. The molecule has 1 saturated carbocycles. The van der Waals surface area contributed by atoms with Crippen molar-refractivity contribution in [3.05, 3.63) is 65.7 Å². The molecule has 1 N–H and O–H groups in total. The van der Waals surface area contributed by atoms with Crippen molar-refractivity contribution >= 4 is 12.0 Å². The van der Waals surface area contributed by atoms with Crippen LogP contribution in [0.25, 0.3) is 6.08 Å². The molecule has 1 amide bonds. The molecular formula is C26H31NO4. The highest BCUT2D eigenvalue weighted by Crippen LogP contribution is 2.49. The number of benzene rings is 2. The summed E-state index contributed by atoms with van der Waals surface area (Å²) in [5, 5.41) is 11.4. The van der Waals surface area contributed by atoms with Crippen molar-refractivity contribution in [1.82, 2.24) is 4.90 Å². The number of carbonyl (C=O) groups excluding carboxylic acids is 1. The van der Waals surface area contributed by atoms with Crippen LogP contribution < -0.4 is 9.47 Å². The molecule has 3 atom stereocenters. The van der Waals surface area contributed by atoms with E-state index in [9.17, 15) is 9.90 Å². The summed E-state index contributed by atoms with van der Waals surface area (Å²) in [6.07, 6.45) is 8.00. The fraction of sp³-hybridized carbons (Fsp3) is 0.423. The summed E-state index contributed by atoms with van der Waals surface area (Å²) in [6, 6.07) is 15.4. The van der Waals surface area contributed by atoms with E-state index in [1.54, 1.807) is 20.3 Å². The number of piperidine rings is 1. The average molecular weight is 422 g/mol. The molecule has 5 heteroatoms. The number of aliphatic hydroxyl groups is 1. The van der Waals surface area contributed by atoms with Gasteiger partial charge in [-0.05, 0) is 60.7 Å². The molecular weight excluding hydrogens is 390 g/mol. The van der Waals surface area contributed by atoms with Crippen LogP contribution in [0.4, 0.5) is 0 Å². The van der Waals surface area contributed by atoms with E-state index in [1.807, 2.05) is 59.5 Å². The summed E-state index contributed by atoms with van der Waals surface area (Å²) in [4.78, 5) is 15.2. The van der Waals surface area contributed by atoms with Crippen molar-refractivity contribution in [3.8, 4) is 11.5 Å². The van der Waals surface area contributed by atoms with Crippen molar-refractivity contribution < 1.29 is 19.4 Å². The molecule has 1 aliphatic carbocycles. The van der Waals surface area contributed by atoms with Crippen molar-refractivity contribution in [2.24, 2.45) is 5.92 Å². The Hall–Kier alpha value is -2.79. The van der Waals surface area contributed by atoms with E-state index in [4.69, 9.17) is 9.47 Å². The quantitative estimate of drug-likeness (QED) is 0.716. The van der Waals surface area contributed by atoms with Gasteiger partial charge in [0.25, 0.3) is 0 Å². The van der Waals surface area contributed by atoms with Crippen LogP contribution >= 0.6 is 0 Å². The monoisotopic (exact) mass is 421 g/mol. The molecule has 4 rings (SSSR count). The minimum Gasteiger partial charge on any atom is -0.497 e. The first-order chi connectivity index (χ1) is 15.0. The van der Waals surface area contributed by atoms with E-state index in [1.165, 1.54) is 0 Å². The van der Waals surface area contributed by atoms with Crippen molar-refractivity contribution in [3.63, 3.8) is 0 Å². The summed E-state index contributed by atoms with van der Waals surface area (Å²) in [5.74, 6) is 1.59. The van der Waals surface area contributed by atoms with Gasteiger partial charge in [0.15, 0.2) is 0 Å². The highest BCUT2D eigenvalue weighted by Gasteiger charge is 2.49. The van der Waals surface area contributed by atoms with E-state index in [0.717, 1.165) is 48.3 Å². The third-order valence-electron chi connectivity index (χ3n) is 6.84. The average Bonchev–Trinajstić information content (AvgIpc) is 2.82. The third kappa shape index (κ3) is 4.47. The minimum atomic E-state index is -0.695. The van der Waals surface area contributed by atoms with Gasteiger partial charge < -0.3 is 19.5 Å². The molecule has 2 fully saturated rings. The SMILES string of the molecule is COc1ccc(/C=C/C(=O)N2CCC3(O)CCCCC3[C@@H]2c2ccc(OC)cc2)cc1. The Kier molecular flexibility index (Phi) is 6.33. The lowest BCUT2D eigenvalue weighted by Crippen LogP contribution is -2.56. The number of rotatable bonds is 5. The molecule has 2 aliphatic rings. The number of fused-ring (bicyclic) bond motifs is 1. The van der Waals surface area contributed by atoms with Gasteiger partial charge in [-0.2, -0.15) is 0 Å². The maximum absolute atomic E-state index is 13.3. The molecule has 0 spiro atoms. The summed E-state index contributed by atoms with van der Waals surface area (Å²) in [6.45, 7) is 0.551. The number of carbonyl (C=O) groups is 1. The second-order valence-corrected chi connectivity index (χ2v) is 8.56. The third-order valence-corrected chi connectivity index (χ3v) is 6.84. The van der Waals surface area contributed by atoms with E-state index in [2.05, 4.69) is 0 Å². The Balaban J connectivity index is 1.61. The highest BCUT2D eigenvalue weighted by molar-refractivity contribution is 5.92. The molecule has 31 heavy (non-hydrogen) atoms. The van der Waals surface area contributed by atoms with Crippen LogP contribution in [-0.2, 0) is 4.79 Å². The molecule has 2 aromatic carbocycles. The first-order valence-electron chi connectivity index (χ1n) is 11.0. The van der Waals surface area contributed by atoms with Crippen LogP contribution in [0.1, 0.15) is 49.3 Å². The standard InChI is InChI=1S/C26H31NO4/c1-30-21-11-6-19(7-12-21)8-15-24(28)27-18-17-26(29)16-4-3-5-23(26)25(27)20-9-13-22(31-2)14-10-20/h6-15,23,25,29H,3-5,16-18H2,1-2H3/b15-8+/t23?,25-,26?/m0/s1. The van der Waals surface area contributed by atoms with Crippen LogP contribution in [0.15, 0.2) is 54.6 Å². The molecule has 1 aliphatic heterocycles. The topological polar surface area (TPSA) is 59.0 Å². The van der Waals surface area contributed by atoms with Crippen LogP contribution in [0, 0.1) is 5.92 Å². The van der Waals surface area contributed by atoms with E-state index in [0.29, 0.717) is 13.0 Å². The zero-order valence-corrected chi connectivity index (χ0v) is 18.3. The van der Waals surface area contributed by atoms with Crippen molar-refractivity contribution in [2.45, 2.75) is 43.7 Å². The lowest BCUT2D eigenvalue weighted by molar-refractivity contribution is -0.150. The van der Waals surface area contributed by atoms with Gasteiger partial charge in [-0.3, -0.25) is 4.79 Å². The first kappa shape index (κ1) is 21.4. The normalized spacial score (nSPS) is 25.8. The Labute approximate surface area is 184 Å². The fourth-order valence-electron chi connectivity index (χ4n) is 5.12. The van der Waals surface area contributed by atoms with Crippen LogP contribution in [0.3, 0.4) is 0 Å². The number of methoxy groups -OCH3 is 2. The first-order valence-corrected chi connectivity index (χ1v) is 11.0. The van der Waals surface area contributed by atoms with Gasteiger partial charge in [0, 0.05) is 18.5 Å².